The van der Waals surface area contributed by atoms with Gasteiger partial charge in [0.1, 0.15) is 0 Å². The topological polar surface area (TPSA) is 15.7 Å². The standard InChI is InChI=1S/C12H24N2O/c1-12(2,3)14-6-5-13-9-11(15-4)7-10(13)8-14/h10-11H,5-9H2,1-4H3. The quantitative estimate of drug-likeness (QED) is 0.649. The lowest BCUT2D eigenvalue weighted by atomic mass is 10.0. The zero-order chi connectivity index (χ0) is 11.1. The third-order valence-electron chi connectivity index (χ3n) is 3.86. The molecule has 2 aliphatic rings. The highest BCUT2D eigenvalue weighted by molar-refractivity contribution is 4.94. The van der Waals surface area contributed by atoms with E-state index in [4.69, 9.17) is 4.74 Å². The van der Waals surface area contributed by atoms with E-state index in [9.17, 15) is 0 Å². The molecule has 2 saturated heterocycles. The average Bonchev–Trinajstić information content (AvgIpc) is 2.57. The van der Waals surface area contributed by atoms with Crippen molar-refractivity contribution in [3.05, 3.63) is 0 Å². The van der Waals surface area contributed by atoms with E-state index in [0.29, 0.717) is 11.6 Å². The fourth-order valence-corrected chi connectivity index (χ4v) is 2.78. The Labute approximate surface area is 93.4 Å². The molecule has 3 heteroatoms. The fraction of sp³-hybridized carbons (Fsp3) is 1.00. The van der Waals surface area contributed by atoms with Crippen LogP contribution in [0.4, 0.5) is 0 Å². The number of ether oxygens (including phenoxy) is 1. The number of hydrogen-bond donors (Lipinski definition) is 0. The third kappa shape index (κ3) is 2.35. The van der Waals surface area contributed by atoms with Gasteiger partial charge in [-0.15, -0.1) is 0 Å². The largest absolute Gasteiger partial charge is 0.380 e. The predicted octanol–water partition coefficient (Wildman–Crippen LogP) is 1.19. The van der Waals surface area contributed by atoms with Crippen molar-refractivity contribution in [2.45, 2.75) is 44.9 Å². The third-order valence-corrected chi connectivity index (χ3v) is 3.86. The first-order valence-electron chi connectivity index (χ1n) is 6.02. The summed E-state index contributed by atoms with van der Waals surface area (Å²) >= 11 is 0. The van der Waals surface area contributed by atoms with Gasteiger partial charge in [-0.25, -0.2) is 0 Å². The molecule has 0 spiro atoms. The number of hydrogen-bond acceptors (Lipinski definition) is 3. The maximum atomic E-state index is 5.46. The van der Waals surface area contributed by atoms with Crippen LogP contribution in [-0.4, -0.2) is 60.8 Å². The van der Waals surface area contributed by atoms with E-state index in [2.05, 4.69) is 30.6 Å². The van der Waals surface area contributed by atoms with Crippen molar-refractivity contribution in [1.82, 2.24) is 9.80 Å². The van der Waals surface area contributed by atoms with Crippen LogP contribution in [0.1, 0.15) is 27.2 Å². The minimum atomic E-state index is 0.317. The molecule has 15 heavy (non-hydrogen) atoms. The lowest BCUT2D eigenvalue weighted by Gasteiger charge is -2.44. The second-order valence-corrected chi connectivity index (χ2v) is 5.86. The van der Waals surface area contributed by atoms with Gasteiger partial charge in [-0.1, -0.05) is 0 Å². The molecular formula is C12H24N2O. The van der Waals surface area contributed by atoms with Gasteiger partial charge in [-0.2, -0.15) is 0 Å². The van der Waals surface area contributed by atoms with Gasteiger partial charge in [0.2, 0.25) is 0 Å². The van der Waals surface area contributed by atoms with Crippen LogP contribution in [0.2, 0.25) is 0 Å². The Balaban J connectivity index is 1.95. The molecule has 0 aromatic rings. The summed E-state index contributed by atoms with van der Waals surface area (Å²) < 4.78 is 5.46. The molecule has 0 aromatic carbocycles. The lowest BCUT2D eigenvalue weighted by molar-refractivity contribution is 0.0403. The highest BCUT2D eigenvalue weighted by Crippen LogP contribution is 2.27. The van der Waals surface area contributed by atoms with Crippen molar-refractivity contribution in [3.8, 4) is 0 Å². The molecule has 0 aliphatic carbocycles. The SMILES string of the molecule is COC1CC2CN(C(C)(C)C)CCN2C1. The zero-order valence-corrected chi connectivity index (χ0v) is 10.5. The molecule has 0 N–H and O–H groups in total. The van der Waals surface area contributed by atoms with E-state index in [0.717, 1.165) is 12.6 Å². The maximum absolute atomic E-state index is 5.46. The summed E-state index contributed by atoms with van der Waals surface area (Å²) in [6.07, 6.45) is 1.68. The average molecular weight is 212 g/mol. The Bertz CT molecular complexity index is 224. The molecule has 2 heterocycles. The van der Waals surface area contributed by atoms with Gasteiger partial charge in [0.25, 0.3) is 0 Å². The van der Waals surface area contributed by atoms with E-state index < -0.39 is 0 Å². The van der Waals surface area contributed by atoms with Crippen molar-refractivity contribution in [3.63, 3.8) is 0 Å². The number of nitrogens with zero attached hydrogens (tertiary/aromatic N) is 2. The van der Waals surface area contributed by atoms with Crippen LogP contribution < -0.4 is 0 Å². The Morgan fingerprint density at radius 2 is 1.87 bits per heavy atom. The normalized spacial score (nSPS) is 34.4. The summed E-state index contributed by atoms with van der Waals surface area (Å²) in [7, 11) is 1.84. The number of fused-ring (bicyclic) bond motifs is 1. The van der Waals surface area contributed by atoms with Crippen molar-refractivity contribution in [2.24, 2.45) is 0 Å². The second-order valence-electron chi connectivity index (χ2n) is 5.86. The smallest absolute Gasteiger partial charge is 0.0713 e. The van der Waals surface area contributed by atoms with Crippen LogP contribution in [0.25, 0.3) is 0 Å². The minimum absolute atomic E-state index is 0.317. The molecule has 0 saturated carbocycles. The second kappa shape index (κ2) is 4.04. The zero-order valence-electron chi connectivity index (χ0n) is 10.5. The van der Waals surface area contributed by atoms with Crippen molar-refractivity contribution in [1.29, 1.82) is 0 Å². The Morgan fingerprint density at radius 1 is 1.13 bits per heavy atom. The van der Waals surface area contributed by atoms with Gasteiger partial charge in [0.05, 0.1) is 6.10 Å². The van der Waals surface area contributed by atoms with E-state index in [1.165, 1.54) is 26.1 Å². The molecule has 3 nitrogen and oxygen atoms in total. The summed E-state index contributed by atoms with van der Waals surface area (Å²) in [6, 6.07) is 0.725. The summed E-state index contributed by atoms with van der Waals surface area (Å²) in [4.78, 5) is 5.20. The molecule has 0 aromatic heterocycles. The van der Waals surface area contributed by atoms with E-state index in [-0.39, 0.29) is 0 Å². The first kappa shape index (κ1) is 11.4. The first-order chi connectivity index (χ1) is 7.00. The molecule has 2 fully saturated rings. The van der Waals surface area contributed by atoms with Crippen LogP contribution in [0, 0.1) is 0 Å². The minimum Gasteiger partial charge on any atom is -0.380 e. The fourth-order valence-electron chi connectivity index (χ4n) is 2.78. The van der Waals surface area contributed by atoms with Crippen LogP contribution in [-0.2, 0) is 4.74 Å². The molecular weight excluding hydrogens is 188 g/mol. The summed E-state index contributed by atoms with van der Waals surface area (Å²) in [5.74, 6) is 0. The van der Waals surface area contributed by atoms with Gasteiger partial charge in [-0.3, -0.25) is 9.80 Å². The summed E-state index contributed by atoms with van der Waals surface area (Å²) in [5.41, 5.74) is 0.317. The summed E-state index contributed by atoms with van der Waals surface area (Å²) in [6.45, 7) is 11.7. The monoisotopic (exact) mass is 212 g/mol. The van der Waals surface area contributed by atoms with Crippen LogP contribution in [0.3, 0.4) is 0 Å². The number of methoxy groups -OCH3 is 1. The van der Waals surface area contributed by atoms with Crippen molar-refractivity contribution >= 4 is 0 Å². The highest BCUT2D eigenvalue weighted by Gasteiger charge is 2.38. The Hall–Kier alpha value is -0.120. The van der Waals surface area contributed by atoms with Crippen LogP contribution in [0.15, 0.2) is 0 Å². The van der Waals surface area contributed by atoms with Gasteiger partial charge in [-0.05, 0) is 27.2 Å². The summed E-state index contributed by atoms with van der Waals surface area (Å²) in [5, 5.41) is 0. The van der Waals surface area contributed by atoms with Gasteiger partial charge in [0, 0.05) is 44.9 Å². The van der Waals surface area contributed by atoms with E-state index >= 15 is 0 Å². The van der Waals surface area contributed by atoms with Crippen molar-refractivity contribution in [2.75, 3.05) is 33.3 Å². The molecule has 2 rings (SSSR count). The van der Waals surface area contributed by atoms with Crippen LogP contribution >= 0.6 is 0 Å². The van der Waals surface area contributed by atoms with Gasteiger partial charge < -0.3 is 4.74 Å². The lowest BCUT2D eigenvalue weighted by Crippen LogP contribution is -2.56. The molecule has 2 atom stereocenters. The Kier molecular flexibility index (Phi) is 3.06. The van der Waals surface area contributed by atoms with Gasteiger partial charge in [0.15, 0.2) is 0 Å². The first-order valence-corrected chi connectivity index (χ1v) is 6.02. The number of piperazine rings is 1. The molecule has 0 bridgehead atoms. The molecule has 0 radical (unpaired) electrons. The molecule has 2 aliphatic heterocycles. The predicted molar refractivity (Wildman–Crippen MR) is 62.1 cm³/mol. The number of rotatable bonds is 1. The van der Waals surface area contributed by atoms with Gasteiger partial charge >= 0.3 is 0 Å². The molecule has 88 valence electrons. The molecule has 2 unspecified atom stereocenters. The van der Waals surface area contributed by atoms with E-state index in [1.54, 1.807) is 0 Å². The Morgan fingerprint density at radius 3 is 2.47 bits per heavy atom. The van der Waals surface area contributed by atoms with Crippen LogP contribution in [0.5, 0.6) is 0 Å². The van der Waals surface area contributed by atoms with Crippen molar-refractivity contribution < 1.29 is 4.74 Å². The van der Waals surface area contributed by atoms with E-state index in [1.807, 2.05) is 7.11 Å². The molecule has 0 amide bonds. The maximum Gasteiger partial charge on any atom is 0.0713 e. The highest BCUT2D eigenvalue weighted by atomic mass is 16.5.